The van der Waals surface area contributed by atoms with Gasteiger partial charge < -0.3 is 15.4 Å². The van der Waals surface area contributed by atoms with Crippen LogP contribution in [0, 0.1) is 0 Å². The van der Waals surface area contributed by atoms with Crippen LogP contribution in [0.4, 0.5) is 0 Å². The lowest BCUT2D eigenvalue weighted by Crippen LogP contribution is -2.41. The zero-order chi connectivity index (χ0) is 22.9. The van der Waals surface area contributed by atoms with Crippen LogP contribution in [0.25, 0.3) is 0 Å². The van der Waals surface area contributed by atoms with Gasteiger partial charge in [-0.3, -0.25) is 9.59 Å². The van der Waals surface area contributed by atoms with Crippen molar-refractivity contribution in [3.8, 4) is 5.75 Å². The van der Waals surface area contributed by atoms with E-state index in [0.29, 0.717) is 29.0 Å². The molecule has 0 aliphatic rings. The zero-order valence-electron chi connectivity index (χ0n) is 18.0. The van der Waals surface area contributed by atoms with Crippen LogP contribution in [0.1, 0.15) is 38.0 Å². The average molecular weight is 437 g/mol. The van der Waals surface area contributed by atoms with Crippen molar-refractivity contribution in [2.75, 3.05) is 0 Å². The third-order valence-electron chi connectivity index (χ3n) is 5.06. The molecule has 0 aromatic heterocycles. The summed E-state index contributed by atoms with van der Waals surface area (Å²) in [7, 11) is 0. The quantitative estimate of drug-likeness (QED) is 0.377. The number of hydrogen-bond donors (Lipinski definition) is 2. The first-order chi connectivity index (χ1) is 16.2. The van der Waals surface area contributed by atoms with Crippen molar-refractivity contribution >= 4 is 11.8 Å². The van der Waals surface area contributed by atoms with Crippen LogP contribution >= 0.6 is 0 Å². The highest BCUT2D eigenvalue weighted by Crippen LogP contribution is 2.20. The van der Waals surface area contributed by atoms with Gasteiger partial charge in [-0.25, -0.2) is 0 Å². The Balaban J connectivity index is 1.55. The van der Waals surface area contributed by atoms with E-state index in [4.69, 9.17) is 4.74 Å². The van der Waals surface area contributed by atoms with Gasteiger partial charge >= 0.3 is 0 Å². The van der Waals surface area contributed by atoms with Gasteiger partial charge in [0.2, 0.25) is 0 Å². The summed E-state index contributed by atoms with van der Waals surface area (Å²) < 4.78 is 5.94. The summed E-state index contributed by atoms with van der Waals surface area (Å²) in [6.07, 6.45) is -0.745. The van der Waals surface area contributed by atoms with Crippen LogP contribution in [-0.2, 0) is 6.61 Å². The van der Waals surface area contributed by atoms with Crippen molar-refractivity contribution in [3.05, 3.63) is 138 Å². The predicted octanol–water partition coefficient (Wildman–Crippen LogP) is 5.12. The van der Waals surface area contributed by atoms with E-state index in [1.54, 1.807) is 48.5 Å². The molecule has 0 aliphatic carbocycles. The SMILES string of the molecule is O=C(NC(NC(=O)c1ccccc1)c1cccc(OCc2ccccc2)c1)c1ccccc1. The summed E-state index contributed by atoms with van der Waals surface area (Å²) in [5.74, 6) is 0.0680. The van der Waals surface area contributed by atoms with E-state index in [9.17, 15) is 9.59 Å². The third kappa shape index (κ3) is 6.08. The number of nitrogens with one attached hydrogen (secondary N) is 2. The fourth-order valence-electron chi connectivity index (χ4n) is 3.34. The zero-order valence-corrected chi connectivity index (χ0v) is 18.0. The monoisotopic (exact) mass is 436 g/mol. The van der Waals surface area contributed by atoms with Crippen molar-refractivity contribution < 1.29 is 14.3 Å². The molecule has 0 saturated carbocycles. The Kier molecular flexibility index (Phi) is 7.13. The maximum absolute atomic E-state index is 12.8. The van der Waals surface area contributed by atoms with E-state index >= 15 is 0 Å². The van der Waals surface area contributed by atoms with E-state index in [-0.39, 0.29) is 11.8 Å². The average Bonchev–Trinajstić information content (AvgIpc) is 2.89. The van der Waals surface area contributed by atoms with E-state index in [0.717, 1.165) is 5.56 Å². The maximum Gasteiger partial charge on any atom is 0.253 e. The summed E-state index contributed by atoms with van der Waals surface area (Å²) in [6, 6.07) is 35.0. The lowest BCUT2D eigenvalue weighted by Gasteiger charge is -2.21. The van der Waals surface area contributed by atoms with Crippen molar-refractivity contribution in [1.29, 1.82) is 0 Å². The molecule has 0 saturated heterocycles. The highest BCUT2D eigenvalue weighted by atomic mass is 16.5. The summed E-state index contributed by atoms with van der Waals surface area (Å²) in [4.78, 5) is 25.7. The van der Waals surface area contributed by atoms with Crippen LogP contribution in [-0.4, -0.2) is 11.8 Å². The first kappa shape index (κ1) is 21.8. The Labute approximate surface area is 193 Å². The van der Waals surface area contributed by atoms with Crippen molar-refractivity contribution in [3.63, 3.8) is 0 Å². The minimum absolute atomic E-state index is 0.287. The molecule has 33 heavy (non-hydrogen) atoms. The second-order valence-electron chi connectivity index (χ2n) is 7.46. The lowest BCUT2D eigenvalue weighted by atomic mass is 10.1. The molecule has 0 aliphatic heterocycles. The molecule has 4 rings (SSSR count). The molecule has 0 fully saturated rings. The van der Waals surface area contributed by atoms with Gasteiger partial charge in [0.25, 0.3) is 11.8 Å². The highest BCUT2D eigenvalue weighted by molar-refractivity contribution is 5.96. The van der Waals surface area contributed by atoms with E-state index < -0.39 is 6.17 Å². The number of benzene rings is 4. The second-order valence-corrected chi connectivity index (χ2v) is 7.46. The summed E-state index contributed by atoms with van der Waals surface area (Å²) in [5.41, 5.74) is 2.77. The topological polar surface area (TPSA) is 67.4 Å². The molecule has 0 radical (unpaired) electrons. The first-order valence-corrected chi connectivity index (χ1v) is 10.7. The van der Waals surface area contributed by atoms with Crippen LogP contribution < -0.4 is 15.4 Å². The Morgan fingerprint density at radius 2 is 1.15 bits per heavy atom. The Morgan fingerprint density at radius 1 is 0.636 bits per heavy atom. The fraction of sp³-hybridized carbons (Fsp3) is 0.0714. The lowest BCUT2D eigenvalue weighted by molar-refractivity contribution is 0.0883. The number of carbonyl (C=O) groups excluding carboxylic acids is 2. The number of amides is 2. The molecule has 0 heterocycles. The summed E-state index contributed by atoms with van der Waals surface area (Å²) in [6.45, 7) is 0.418. The Hall–Kier alpha value is -4.38. The van der Waals surface area contributed by atoms with Gasteiger partial charge in [-0.1, -0.05) is 78.9 Å². The van der Waals surface area contributed by atoms with Gasteiger partial charge in [-0.15, -0.1) is 0 Å². The molecular weight excluding hydrogens is 412 g/mol. The Morgan fingerprint density at radius 3 is 1.70 bits per heavy atom. The molecular formula is C28H24N2O3. The number of carbonyl (C=O) groups is 2. The van der Waals surface area contributed by atoms with Gasteiger partial charge in [0.1, 0.15) is 18.5 Å². The van der Waals surface area contributed by atoms with Gasteiger partial charge in [0.05, 0.1) is 0 Å². The van der Waals surface area contributed by atoms with Crippen molar-refractivity contribution in [2.24, 2.45) is 0 Å². The van der Waals surface area contributed by atoms with Gasteiger partial charge in [0.15, 0.2) is 0 Å². The fourth-order valence-corrected chi connectivity index (χ4v) is 3.34. The maximum atomic E-state index is 12.8. The normalized spacial score (nSPS) is 10.5. The molecule has 0 unspecified atom stereocenters. The molecule has 0 bridgehead atoms. The summed E-state index contributed by atoms with van der Waals surface area (Å²) in [5, 5.41) is 5.85. The van der Waals surface area contributed by atoms with E-state index in [1.165, 1.54) is 0 Å². The van der Waals surface area contributed by atoms with Crippen molar-refractivity contribution in [2.45, 2.75) is 12.8 Å². The molecule has 4 aromatic carbocycles. The van der Waals surface area contributed by atoms with Crippen LogP contribution in [0.2, 0.25) is 0 Å². The second kappa shape index (κ2) is 10.8. The molecule has 0 spiro atoms. The summed E-state index contributed by atoms with van der Waals surface area (Å²) >= 11 is 0. The molecule has 0 atom stereocenters. The third-order valence-corrected chi connectivity index (χ3v) is 5.06. The van der Waals surface area contributed by atoms with Crippen LogP contribution in [0.15, 0.2) is 115 Å². The van der Waals surface area contributed by atoms with E-state index in [2.05, 4.69) is 10.6 Å². The molecule has 5 nitrogen and oxygen atoms in total. The minimum atomic E-state index is -0.745. The van der Waals surface area contributed by atoms with Crippen LogP contribution in [0.3, 0.4) is 0 Å². The predicted molar refractivity (Wildman–Crippen MR) is 128 cm³/mol. The number of ether oxygens (including phenoxy) is 1. The van der Waals surface area contributed by atoms with Crippen LogP contribution in [0.5, 0.6) is 5.75 Å². The number of rotatable bonds is 8. The molecule has 2 N–H and O–H groups in total. The minimum Gasteiger partial charge on any atom is -0.489 e. The van der Waals surface area contributed by atoms with E-state index in [1.807, 2.05) is 66.7 Å². The molecule has 164 valence electrons. The molecule has 4 aromatic rings. The number of hydrogen-bond acceptors (Lipinski definition) is 3. The highest BCUT2D eigenvalue weighted by Gasteiger charge is 2.19. The van der Waals surface area contributed by atoms with Gasteiger partial charge in [0, 0.05) is 11.1 Å². The molecule has 2 amide bonds. The largest absolute Gasteiger partial charge is 0.489 e. The Bertz CT molecular complexity index is 1140. The van der Waals surface area contributed by atoms with Gasteiger partial charge in [-0.2, -0.15) is 0 Å². The first-order valence-electron chi connectivity index (χ1n) is 10.7. The van der Waals surface area contributed by atoms with Crippen molar-refractivity contribution in [1.82, 2.24) is 10.6 Å². The van der Waals surface area contributed by atoms with Gasteiger partial charge in [-0.05, 0) is 47.5 Å². The standard InChI is InChI=1S/C28H24N2O3/c31-27(22-13-6-2-7-14-22)29-26(30-28(32)23-15-8-3-9-16-23)24-17-10-18-25(19-24)33-20-21-11-4-1-5-12-21/h1-19,26H,20H2,(H,29,31)(H,30,32). The smallest absolute Gasteiger partial charge is 0.253 e. The molecule has 5 heteroatoms.